The van der Waals surface area contributed by atoms with Gasteiger partial charge in [0.05, 0.1) is 5.69 Å². The highest BCUT2D eigenvalue weighted by Gasteiger charge is 2.31. The minimum Gasteiger partial charge on any atom is -0.476 e. The van der Waals surface area contributed by atoms with Gasteiger partial charge in [-0.1, -0.05) is 0 Å². The lowest BCUT2D eigenvalue weighted by atomic mass is 10.1. The number of carbonyl (C=O) groups is 1. The van der Waals surface area contributed by atoms with Gasteiger partial charge in [-0.3, -0.25) is 4.90 Å². The average molecular weight is 226 g/mol. The van der Waals surface area contributed by atoms with Crippen LogP contribution < -0.4 is 0 Å². The molecule has 2 rings (SSSR count). The summed E-state index contributed by atoms with van der Waals surface area (Å²) in [5, 5.41) is 9.02. The molecule has 0 aliphatic carbocycles. The predicted molar refractivity (Wildman–Crippen MR) is 58.1 cm³/mol. The molecule has 0 spiro atoms. The fraction of sp³-hybridized carbons (Fsp3) is 0.600. The molecule has 0 amide bonds. The summed E-state index contributed by atoms with van der Waals surface area (Å²) in [5.41, 5.74) is 1.05. The summed E-state index contributed by atoms with van der Waals surface area (Å²) in [7, 11) is 0. The first-order valence-corrected chi connectivity index (χ1v) is 5.66. The summed E-state index contributed by atoms with van der Waals surface area (Å²) >= 11 is 1.30. The van der Waals surface area contributed by atoms with E-state index in [0.717, 1.165) is 23.7 Å². The minimum absolute atomic E-state index is 0.115. The number of hydrogen-bond donors (Lipinski definition) is 1. The number of nitrogens with zero attached hydrogens (tertiary/aromatic N) is 2. The summed E-state index contributed by atoms with van der Waals surface area (Å²) in [5.74, 6) is -0.920. The Kier molecular flexibility index (Phi) is 2.31. The molecule has 1 aliphatic heterocycles. The van der Waals surface area contributed by atoms with Gasteiger partial charge in [0.1, 0.15) is 0 Å². The first-order chi connectivity index (χ1) is 6.88. The molecule has 0 unspecified atom stereocenters. The second kappa shape index (κ2) is 3.28. The van der Waals surface area contributed by atoms with Crippen LogP contribution in [0.25, 0.3) is 0 Å². The Balaban J connectivity index is 2.21. The predicted octanol–water partition coefficient (Wildman–Crippen LogP) is 1.96. The van der Waals surface area contributed by atoms with Crippen molar-refractivity contribution < 1.29 is 9.90 Å². The summed E-state index contributed by atoms with van der Waals surface area (Å²) in [4.78, 5) is 18.2. The normalized spacial score (nSPS) is 16.7. The zero-order valence-corrected chi connectivity index (χ0v) is 9.89. The van der Waals surface area contributed by atoms with Crippen LogP contribution in [0, 0.1) is 0 Å². The number of aromatic nitrogens is 1. The smallest absolute Gasteiger partial charge is 0.365 e. The molecule has 0 saturated heterocycles. The van der Waals surface area contributed by atoms with Gasteiger partial charge in [0.15, 0.2) is 0 Å². The Labute approximate surface area is 92.6 Å². The first kappa shape index (κ1) is 10.6. The van der Waals surface area contributed by atoms with Gasteiger partial charge in [0.25, 0.3) is 0 Å². The van der Waals surface area contributed by atoms with Crippen LogP contribution in [0.2, 0.25) is 0 Å². The molecule has 4 nitrogen and oxygen atoms in total. The number of carboxylic acids is 1. The molecule has 0 bridgehead atoms. The summed E-state index contributed by atoms with van der Waals surface area (Å²) < 4.78 is 0. The molecular formula is C10H14N2O2S. The van der Waals surface area contributed by atoms with E-state index in [9.17, 15) is 4.79 Å². The van der Waals surface area contributed by atoms with Gasteiger partial charge in [-0.25, -0.2) is 9.78 Å². The quantitative estimate of drug-likeness (QED) is 0.795. The fourth-order valence-electron chi connectivity index (χ4n) is 1.61. The van der Waals surface area contributed by atoms with Crippen molar-refractivity contribution in [2.24, 2.45) is 0 Å². The number of carboxylic acid groups (broad SMARTS) is 1. The second-order valence-electron chi connectivity index (χ2n) is 4.72. The SMILES string of the molecule is CC(C)(C)N1Cc2nc(C(=O)O)sc2C1. The minimum atomic E-state index is -0.920. The summed E-state index contributed by atoms with van der Waals surface area (Å²) in [6.45, 7) is 8.05. The highest BCUT2D eigenvalue weighted by molar-refractivity contribution is 7.13. The van der Waals surface area contributed by atoms with Crippen molar-refractivity contribution in [1.82, 2.24) is 9.88 Å². The van der Waals surface area contributed by atoms with E-state index in [1.54, 1.807) is 0 Å². The standard InChI is InChI=1S/C10H14N2O2S/c1-10(2,3)12-4-6-7(5-12)15-8(11-6)9(13)14/h4-5H2,1-3H3,(H,13,14). The third kappa shape index (κ3) is 1.89. The zero-order valence-electron chi connectivity index (χ0n) is 9.07. The second-order valence-corrected chi connectivity index (χ2v) is 5.80. The summed E-state index contributed by atoms with van der Waals surface area (Å²) in [6, 6.07) is 0. The zero-order chi connectivity index (χ0) is 11.2. The average Bonchev–Trinajstić information content (AvgIpc) is 2.55. The van der Waals surface area contributed by atoms with Crippen LogP contribution in [0.3, 0.4) is 0 Å². The molecule has 0 atom stereocenters. The van der Waals surface area contributed by atoms with E-state index in [1.807, 2.05) is 0 Å². The van der Waals surface area contributed by atoms with Crippen molar-refractivity contribution in [3.05, 3.63) is 15.6 Å². The molecule has 82 valence electrons. The molecule has 1 aromatic heterocycles. The van der Waals surface area contributed by atoms with E-state index in [2.05, 4.69) is 30.7 Å². The van der Waals surface area contributed by atoms with Crippen molar-refractivity contribution in [3.63, 3.8) is 0 Å². The van der Waals surface area contributed by atoms with Crippen LogP contribution in [0.4, 0.5) is 0 Å². The third-order valence-corrected chi connectivity index (χ3v) is 3.66. The van der Waals surface area contributed by atoms with Crippen molar-refractivity contribution >= 4 is 17.3 Å². The van der Waals surface area contributed by atoms with E-state index in [1.165, 1.54) is 11.3 Å². The van der Waals surface area contributed by atoms with E-state index < -0.39 is 5.97 Å². The van der Waals surface area contributed by atoms with Gasteiger partial charge in [-0.15, -0.1) is 11.3 Å². The van der Waals surface area contributed by atoms with Crippen molar-refractivity contribution in [1.29, 1.82) is 0 Å². The first-order valence-electron chi connectivity index (χ1n) is 4.85. The maximum atomic E-state index is 10.7. The third-order valence-electron chi connectivity index (χ3n) is 2.58. The molecule has 0 aromatic carbocycles. The monoisotopic (exact) mass is 226 g/mol. The maximum absolute atomic E-state index is 10.7. The van der Waals surface area contributed by atoms with Crippen LogP contribution in [-0.4, -0.2) is 26.5 Å². The molecule has 1 aromatic rings. The Bertz CT molecular complexity index is 383. The molecule has 1 aliphatic rings. The number of hydrogen-bond acceptors (Lipinski definition) is 4. The molecule has 2 heterocycles. The van der Waals surface area contributed by atoms with Gasteiger partial charge in [0.2, 0.25) is 5.01 Å². The van der Waals surface area contributed by atoms with Crippen LogP contribution >= 0.6 is 11.3 Å². The highest BCUT2D eigenvalue weighted by atomic mass is 32.1. The van der Waals surface area contributed by atoms with E-state index in [0.29, 0.717) is 0 Å². The molecule has 0 fully saturated rings. The number of rotatable bonds is 1. The Hall–Kier alpha value is -0.940. The van der Waals surface area contributed by atoms with E-state index in [-0.39, 0.29) is 10.5 Å². The lowest BCUT2D eigenvalue weighted by Gasteiger charge is -2.31. The highest BCUT2D eigenvalue weighted by Crippen LogP contribution is 2.32. The fourth-order valence-corrected chi connectivity index (χ4v) is 2.53. The molecule has 0 saturated carbocycles. The molecular weight excluding hydrogens is 212 g/mol. The maximum Gasteiger partial charge on any atom is 0.365 e. The Morgan fingerprint density at radius 3 is 2.60 bits per heavy atom. The van der Waals surface area contributed by atoms with E-state index in [4.69, 9.17) is 5.11 Å². The number of aromatic carboxylic acids is 1. The van der Waals surface area contributed by atoms with Gasteiger partial charge in [-0.2, -0.15) is 0 Å². The summed E-state index contributed by atoms with van der Waals surface area (Å²) in [6.07, 6.45) is 0. The number of fused-ring (bicyclic) bond motifs is 1. The van der Waals surface area contributed by atoms with Gasteiger partial charge >= 0.3 is 5.97 Å². The topological polar surface area (TPSA) is 53.4 Å². The van der Waals surface area contributed by atoms with Crippen molar-refractivity contribution in [3.8, 4) is 0 Å². The molecule has 1 N–H and O–H groups in total. The van der Waals surface area contributed by atoms with Gasteiger partial charge in [0, 0.05) is 23.5 Å². The lowest BCUT2D eigenvalue weighted by molar-refractivity contribution is 0.0695. The van der Waals surface area contributed by atoms with Crippen molar-refractivity contribution in [2.75, 3.05) is 0 Å². The molecule has 0 radical (unpaired) electrons. The number of thiazole rings is 1. The van der Waals surface area contributed by atoms with Gasteiger partial charge < -0.3 is 5.11 Å². The van der Waals surface area contributed by atoms with Crippen molar-refractivity contribution in [2.45, 2.75) is 39.4 Å². The molecule has 5 heteroatoms. The van der Waals surface area contributed by atoms with Crippen LogP contribution in [0.1, 0.15) is 41.1 Å². The van der Waals surface area contributed by atoms with E-state index >= 15 is 0 Å². The van der Waals surface area contributed by atoms with Crippen LogP contribution in [0.5, 0.6) is 0 Å². The van der Waals surface area contributed by atoms with Gasteiger partial charge in [-0.05, 0) is 20.8 Å². The Morgan fingerprint density at radius 1 is 1.47 bits per heavy atom. The Morgan fingerprint density at radius 2 is 2.13 bits per heavy atom. The molecule has 15 heavy (non-hydrogen) atoms. The van der Waals surface area contributed by atoms with Crippen LogP contribution in [-0.2, 0) is 13.1 Å². The van der Waals surface area contributed by atoms with Crippen LogP contribution in [0.15, 0.2) is 0 Å². The lowest BCUT2D eigenvalue weighted by Crippen LogP contribution is -2.37. The largest absolute Gasteiger partial charge is 0.476 e.